The minimum absolute atomic E-state index is 0.0231. The second-order valence-corrected chi connectivity index (χ2v) is 6.21. The number of H-pyrrole nitrogens is 1. The van der Waals surface area contributed by atoms with Gasteiger partial charge in [0.2, 0.25) is 5.91 Å². The Kier molecular flexibility index (Phi) is 4.01. The minimum Gasteiger partial charge on any atom is -0.324 e. The zero-order chi connectivity index (χ0) is 17.2. The second kappa shape index (κ2) is 6.47. The molecule has 0 saturated carbocycles. The lowest BCUT2D eigenvalue weighted by Gasteiger charge is -2.21. The Hall–Kier alpha value is -3.02. The molecule has 2 N–H and O–H groups in total. The van der Waals surface area contributed by atoms with E-state index in [9.17, 15) is 9.18 Å². The Morgan fingerprint density at radius 1 is 1.28 bits per heavy atom. The lowest BCUT2D eigenvalue weighted by molar-refractivity contribution is -0.120. The third-order valence-corrected chi connectivity index (χ3v) is 4.54. The summed E-state index contributed by atoms with van der Waals surface area (Å²) in [4.78, 5) is 16.6. The van der Waals surface area contributed by atoms with Crippen LogP contribution in [0.5, 0.6) is 0 Å². The second-order valence-electron chi connectivity index (χ2n) is 6.21. The van der Waals surface area contributed by atoms with E-state index in [1.165, 1.54) is 12.1 Å². The first-order valence-electron chi connectivity index (χ1n) is 8.23. The van der Waals surface area contributed by atoms with Crippen LogP contribution in [0.25, 0.3) is 11.3 Å². The van der Waals surface area contributed by atoms with Gasteiger partial charge in [-0.15, -0.1) is 0 Å². The average molecular weight is 336 g/mol. The van der Waals surface area contributed by atoms with Crippen molar-refractivity contribution in [3.8, 4) is 11.3 Å². The molecule has 1 aromatic carbocycles. The monoisotopic (exact) mass is 336 g/mol. The number of nitrogens with one attached hydrogen (secondary N) is 2. The van der Waals surface area contributed by atoms with Crippen LogP contribution >= 0.6 is 0 Å². The molecule has 6 heteroatoms. The number of fused-ring (bicyclic) bond motifs is 1. The fourth-order valence-electron chi connectivity index (χ4n) is 3.27. The minimum atomic E-state index is -0.295. The van der Waals surface area contributed by atoms with Gasteiger partial charge in [-0.25, -0.2) is 4.39 Å². The summed E-state index contributed by atoms with van der Waals surface area (Å²) in [5.74, 6) is -0.460. The summed E-state index contributed by atoms with van der Waals surface area (Å²) in [6, 6.07) is 9.98. The van der Waals surface area contributed by atoms with Crippen LogP contribution in [-0.2, 0) is 17.6 Å². The van der Waals surface area contributed by atoms with E-state index in [0.717, 1.165) is 35.4 Å². The van der Waals surface area contributed by atoms with Gasteiger partial charge >= 0.3 is 0 Å². The molecular weight excluding hydrogens is 319 g/mol. The third-order valence-electron chi connectivity index (χ3n) is 4.54. The maximum Gasteiger partial charge on any atom is 0.227 e. The van der Waals surface area contributed by atoms with E-state index in [1.807, 2.05) is 12.1 Å². The normalized spacial score (nSPS) is 16.3. The highest BCUT2D eigenvalue weighted by Crippen LogP contribution is 2.32. The summed E-state index contributed by atoms with van der Waals surface area (Å²) in [5.41, 5.74) is 4.18. The van der Waals surface area contributed by atoms with E-state index in [4.69, 9.17) is 0 Å². The molecule has 1 aliphatic rings. The molecule has 0 aliphatic heterocycles. The van der Waals surface area contributed by atoms with Gasteiger partial charge in [-0.3, -0.25) is 14.9 Å². The summed E-state index contributed by atoms with van der Waals surface area (Å²) in [5, 5.41) is 10.3. The molecule has 0 saturated heterocycles. The first-order chi connectivity index (χ1) is 12.2. The van der Waals surface area contributed by atoms with Crippen LogP contribution in [0, 0.1) is 11.7 Å². The fraction of sp³-hybridized carbons (Fsp3) is 0.211. The van der Waals surface area contributed by atoms with E-state index in [2.05, 4.69) is 20.5 Å². The highest BCUT2D eigenvalue weighted by atomic mass is 19.1. The Morgan fingerprint density at radius 3 is 3.00 bits per heavy atom. The van der Waals surface area contributed by atoms with Crippen LogP contribution in [0.3, 0.4) is 0 Å². The van der Waals surface area contributed by atoms with Crippen LogP contribution in [-0.4, -0.2) is 21.1 Å². The lowest BCUT2D eigenvalue weighted by Crippen LogP contribution is -2.28. The number of aromatic nitrogens is 3. The van der Waals surface area contributed by atoms with Gasteiger partial charge in [0.05, 0.1) is 17.6 Å². The van der Waals surface area contributed by atoms with Crippen molar-refractivity contribution >= 4 is 11.6 Å². The van der Waals surface area contributed by atoms with Crippen LogP contribution < -0.4 is 5.32 Å². The van der Waals surface area contributed by atoms with Crippen LogP contribution in [0.15, 0.2) is 48.8 Å². The van der Waals surface area contributed by atoms with Gasteiger partial charge in [0.15, 0.2) is 0 Å². The van der Waals surface area contributed by atoms with Crippen molar-refractivity contribution in [2.24, 2.45) is 5.92 Å². The first-order valence-corrected chi connectivity index (χ1v) is 8.23. The lowest BCUT2D eigenvalue weighted by atomic mass is 9.85. The molecule has 0 radical (unpaired) electrons. The molecule has 5 nitrogen and oxygen atoms in total. The molecule has 2 heterocycles. The number of nitrogens with zero attached hydrogens (tertiary/aromatic N) is 2. The van der Waals surface area contributed by atoms with Crippen molar-refractivity contribution in [1.82, 2.24) is 15.2 Å². The zero-order valence-electron chi connectivity index (χ0n) is 13.5. The van der Waals surface area contributed by atoms with Gasteiger partial charge in [-0.1, -0.05) is 12.1 Å². The van der Waals surface area contributed by atoms with Gasteiger partial charge in [-0.05, 0) is 43.5 Å². The SMILES string of the molecule is O=C(Nc1cccnc1)[C@@H]1CCc2[nH]nc(-c3cccc(F)c3)c2C1. The molecule has 25 heavy (non-hydrogen) atoms. The van der Waals surface area contributed by atoms with Crippen molar-refractivity contribution in [2.45, 2.75) is 19.3 Å². The van der Waals surface area contributed by atoms with Gasteiger partial charge in [0, 0.05) is 28.9 Å². The number of hydrogen-bond donors (Lipinski definition) is 2. The zero-order valence-corrected chi connectivity index (χ0v) is 13.5. The molecule has 1 aliphatic carbocycles. The first kappa shape index (κ1) is 15.5. The highest BCUT2D eigenvalue weighted by Gasteiger charge is 2.28. The Balaban J connectivity index is 1.56. The van der Waals surface area contributed by atoms with Gasteiger partial charge in [0.25, 0.3) is 0 Å². The topological polar surface area (TPSA) is 70.7 Å². The summed E-state index contributed by atoms with van der Waals surface area (Å²) in [6.45, 7) is 0. The smallest absolute Gasteiger partial charge is 0.227 e. The van der Waals surface area contributed by atoms with Gasteiger partial charge in [-0.2, -0.15) is 5.10 Å². The van der Waals surface area contributed by atoms with Crippen LogP contribution in [0.2, 0.25) is 0 Å². The van der Waals surface area contributed by atoms with Crippen LogP contribution in [0.4, 0.5) is 10.1 Å². The van der Waals surface area contributed by atoms with Crippen LogP contribution in [0.1, 0.15) is 17.7 Å². The maximum absolute atomic E-state index is 13.5. The molecule has 0 spiro atoms. The standard InChI is InChI=1S/C19H17FN4O/c20-14-4-1-3-12(9-14)18-16-10-13(6-7-17(16)23-24-18)19(25)22-15-5-2-8-21-11-15/h1-5,8-9,11,13H,6-7,10H2,(H,22,25)(H,23,24)/t13-/m1/s1. The van der Waals surface area contributed by atoms with Crippen molar-refractivity contribution in [1.29, 1.82) is 0 Å². The number of halogens is 1. The largest absolute Gasteiger partial charge is 0.324 e. The average Bonchev–Trinajstić information content (AvgIpc) is 3.05. The number of rotatable bonds is 3. The number of anilines is 1. The predicted octanol–water partition coefficient (Wildman–Crippen LogP) is 3.35. The summed E-state index contributed by atoms with van der Waals surface area (Å²) in [7, 11) is 0. The molecule has 0 bridgehead atoms. The molecule has 2 aromatic heterocycles. The summed E-state index contributed by atoms with van der Waals surface area (Å²) < 4.78 is 13.5. The third kappa shape index (κ3) is 3.15. The Labute approximate surface area is 144 Å². The van der Waals surface area contributed by atoms with Crippen molar-refractivity contribution in [3.05, 3.63) is 65.9 Å². The Morgan fingerprint density at radius 2 is 2.20 bits per heavy atom. The highest BCUT2D eigenvalue weighted by molar-refractivity contribution is 5.92. The molecule has 0 fully saturated rings. The number of aromatic amines is 1. The number of carbonyl (C=O) groups is 1. The fourth-order valence-corrected chi connectivity index (χ4v) is 3.27. The molecule has 126 valence electrons. The van der Waals surface area contributed by atoms with Gasteiger partial charge in [0.1, 0.15) is 5.82 Å². The number of benzene rings is 1. The quantitative estimate of drug-likeness (QED) is 0.770. The van der Waals surface area contributed by atoms with Crippen molar-refractivity contribution in [3.63, 3.8) is 0 Å². The molecule has 1 atom stereocenters. The van der Waals surface area contributed by atoms with E-state index in [1.54, 1.807) is 24.5 Å². The molecular formula is C19H17FN4O. The number of pyridine rings is 1. The molecule has 4 rings (SSSR count). The summed E-state index contributed by atoms with van der Waals surface area (Å²) >= 11 is 0. The summed E-state index contributed by atoms with van der Waals surface area (Å²) in [6.07, 6.45) is 5.39. The predicted molar refractivity (Wildman–Crippen MR) is 92.4 cm³/mol. The van der Waals surface area contributed by atoms with E-state index < -0.39 is 0 Å². The maximum atomic E-state index is 13.5. The number of hydrogen-bond acceptors (Lipinski definition) is 3. The molecule has 1 amide bonds. The van der Waals surface area contributed by atoms with E-state index in [-0.39, 0.29) is 17.6 Å². The van der Waals surface area contributed by atoms with Gasteiger partial charge < -0.3 is 5.32 Å². The number of aryl methyl sites for hydroxylation is 1. The van der Waals surface area contributed by atoms with Crippen molar-refractivity contribution < 1.29 is 9.18 Å². The molecule has 0 unspecified atom stereocenters. The molecule has 3 aromatic rings. The number of amides is 1. The van der Waals surface area contributed by atoms with E-state index >= 15 is 0 Å². The van der Waals surface area contributed by atoms with E-state index in [0.29, 0.717) is 12.1 Å². The number of carbonyl (C=O) groups excluding carboxylic acids is 1. The van der Waals surface area contributed by atoms with Crippen molar-refractivity contribution in [2.75, 3.05) is 5.32 Å². The Bertz CT molecular complexity index is 907.